The third kappa shape index (κ3) is 5.83. The molecule has 0 saturated carbocycles. The second-order valence-electron chi connectivity index (χ2n) is 7.60. The van der Waals surface area contributed by atoms with Crippen LogP contribution in [0.5, 0.6) is 0 Å². The normalized spacial score (nSPS) is 21.4. The summed E-state index contributed by atoms with van der Waals surface area (Å²) in [6.07, 6.45) is 3.22. The fourth-order valence-electron chi connectivity index (χ4n) is 3.01. The molecule has 3 unspecified atom stereocenters. The number of furan rings is 1. The largest absolute Gasteiger partial charge is 0.467 e. The molecule has 0 spiro atoms. The van der Waals surface area contributed by atoms with E-state index in [2.05, 4.69) is 5.32 Å². The van der Waals surface area contributed by atoms with E-state index in [0.717, 1.165) is 19.4 Å². The average Bonchev–Trinajstić information content (AvgIpc) is 2.99. The molecule has 0 radical (unpaired) electrons. The van der Waals surface area contributed by atoms with Crippen molar-refractivity contribution in [2.45, 2.75) is 70.7 Å². The first-order valence-corrected chi connectivity index (χ1v) is 8.70. The predicted octanol–water partition coefficient (Wildman–Crippen LogP) is 3.08. The Balaban J connectivity index is 1.80. The Morgan fingerprint density at radius 1 is 1.54 bits per heavy atom. The number of piperidine rings is 1. The maximum absolute atomic E-state index is 12.2. The summed E-state index contributed by atoms with van der Waals surface area (Å²) in [4.78, 5) is 14.0. The van der Waals surface area contributed by atoms with Crippen LogP contribution in [0.1, 0.15) is 58.8 Å². The highest BCUT2D eigenvalue weighted by Crippen LogP contribution is 2.20. The molecule has 1 fully saturated rings. The summed E-state index contributed by atoms with van der Waals surface area (Å²) in [5.41, 5.74) is -0.474. The van der Waals surface area contributed by atoms with Crippen molar-refractivity contribution in [1.29, 1.82) is 0 Å². The Morgan fingerprint density at radius 2 is 2.29 bits per heavy atom. The highest BCUT2D eigenvalue weighted by atomic mass is 16.6. The number of amides is 1. The van der Waals surface area contributed by atoms with Crippen molar-refractivity contribution in [3.63, 3.8) is 0 Å². The van der Waals surface area contributed by atoms with Gasteiger partial charge < -0.3 is 24.5 Å². The number of nitrogens with one attached hydrogen (secondary N) is 1. The molecular weight excluding hydrogens is 308 g/mol. The number of carbonyl (C=O) groups is 1. The molecule has 136 valence electrons. The van der Waals surface area contributed by atoms with Gasteiger partial charge in [0.15, 0.2) is 0 Å². The highest BCUT2D eigenvalue weighted by Gasteiger charge is 2.28. The number of nitrogens with zero attached hydrogens (tertiary/aromatic N) is 1. The number of aliphatic hydroxyl groups excluding tert-OH is 1. The Kier molecular flexibility index (Phi) is 6.29. The third-order valence-corrected chi connectivity index (χ3v) is 4.04. The summed E-state index contributed by atoms with van der Waals surface area (Å²) >= 11 is 0. The molecule has 2 heterocycles. The monoisotopic (exact) mass is 338 g/mol. The van der Waals surface area contributed by atoms with E-state index in [1.54, 1.807) is 23.3 Å². The molecular formula is C18H30N2O4. The van der Waals surface area contributed by atoms with Crippen molar-refractivity contribution in [3.8, 4) is 0 Å². The smallest absolute Gasteiger partial charge is 0.410 e. The zero-order chi connectivity index (χ0) is 17.7. The molecule has 1 aromatic heterocycles. The van der Waals surface area contributed by atoms with Gasteiger partial charge in [0.05, 0.1) is 6.26 Å². The zero-order valence-corrected chi connectivity index (χ0v) is 15.1. The van der Waals surface area contributed by atoms with Gasteiger partial charge in [-0.2, -0.15) is 0 Å². The second-order valence-corrected chi connectivity index (χ2v) is 7.60. The molecule has 24 heavy (non-hydrogen) atoms. The molecule has 1 aromatic rings. The number of hydrogen-bond acceptors (Lipinski definition) is 5. The van der Waals surface area contributed by atoms with Crippen LogP contribution in [-0.4, -0.2) is 46.9 Å². The third-order valence-electron chi connectivity index (χ3n) is 4.04. The maximum atomic E-state index is 12.2. The van der Waals surface area contributed by atoms with Gasteiger partial charge in [-0.05, 0) is 59.1 Å². The van der Waals surface area contributed by atoms with Gasteiger partial charge in [0.25, 0.3) is 0 Å². The SMILES string of the molecule is CC(CC(O)c1ccco1)NC1CCCN(C(=O)OC(C)(C)C)C1. The average molecular weight is 338 g/mol. The minimum atomic E-state index is -0.618. The Labute approximate surface area is 144 Å². The van der Waals surface area contributed by atoms with Gasteiger partial charge >= 0.3 is 6.09 Å². The topological polar surface area (TPSA) is 74.9 Å². The number of ether oxygens (including phenoxy) is 1. The molecule has 6 heteroatoms. The van der Waals surface area contributed by atoms with Crippen LogP contribution in [-0.2, 0) is 4.74 Å². The highest BCUT2D eigenvalue weighted by molar-refractivity contribution is 5.68. The fourth-order valence-corrected chi connectivity index (χ4v) is 3.01. The quantitative estimate of drug-likeness (QED) is 0.863. The van der Waals surface area contributed by atoms with Crippen LogP contribution in [0.4, 0.5) is 4.79 Å². The lowest BCUT2D eigenvalue weighted by Crippen LogP contribution is -2.51. The van der Waals surface area contributed by atoms with Crippen LogP contribution in [0.3, 0.4) is 0 Å². The first-order chi connectivity index (χ1) is 11.2. The first kappa shape index (κ1) is 18.8. The molecule has 1 aliphatic rings. The summed E-state index contributed by atoms with van der Waals surface area (Å²) in [6, 6.07) is 3.89. The van der Waals surface area contributed by atoms with E-state index in [0.29, 0.717) is 18.7 Å². The van der Waals surface area contributed by atoms with Crippen LogP contribution in [0.25, 0.3) is 0 Å². The lowest BCUT2D eigenvalue weighted by molar-refractivity contribution is 0.0179. The minimum Gasteiger partial charge on any atom is -0.467 e. The van der Waals surface area contributed by atoms with E-state index in [1.165, 1.54) is 0 Å². The van der Waals surface area contributed by atoms with Crippen molar-refractivity contribution in [2.75, 3.05) is 13.1 Å². The van der Waals surface area contributed by atoms with Crippen molar-refractivity contribution in [2.24, 2.45) is 0 Å². The fraction of sp³-hybridized carbons (Fsp3) is 0.722. The summed E-state index contributed by atoms with van der Waals surface area (Å²) in [7, 11) is 0. The van der Waals surface area contributed by atoms with E-state index in [1.807, 2.05) is 27.7 Å². The summed E-state index contributed by atoms with van der Waals surface area (Å²) in [5.74, 6) is 0.586. The molecule has 0 aliphatic carbocycles. The lowest BCUT2D eigenvalue weighted by Gasteiger charge is -2.35. The van der Waals surface area contributed by atoms with Crippen LogP contribution in [0.2, 0.25) is 0 Å². The van der Waals surface area contributed by atoms with E-state index in [9.17, 15) is 9.90 Å². The lowest BCUT2D eigenvalue weighted by atomic mass is 10.0. The number of carbonyl (C=O) groups excluding carboxylic acids is 1. The molecule has 1 aliphatic heterocycles. The second kappa shape index (κ2) is 8.03. The molecule has 6 nitrogen and oxygen atoms in total. The zero-order valence-electron chi connectivity index (χ0n) is 15.1. The Morgan fingerprint density at radius 3 is 2.92 bits per heavy atom. The van der Waals surface area contributed by atoms with Gasteiger partial charge in [0, 0.05) is 25.2 Å². The number of rotatable bonds is 5. The number of hydrogen-bond donors (Lipinski definition) is 2. The van der Waals surface area contributed by atoms with Crippen LogP contribution < -0.4 is 5.32 Å². The van der Waals surface area contributed by atoms with Gasteiger partial charge in [-0.1, -0.05) is 0 Å². The molecule has 1 amide bonds. The van der Waals surface area contributed by atoms with Crippen molar-refractivity contribution >= 4 is 6.09 Å². The maximum Gasteiger partial charge on any atom is 0.410 e. The van der Waals surface area contributed by atoms with Crippen LogP contribution >= 0.6 is 0 Å². The van der Waals surface area contributed by atoms with Crippen LogP contribution in [0, 0.1) is 0 Å². The van der Waals surface area contributed by atoms with Crippen molar-refractivity contribution in [3.05, 3.63) is 24.2 Å². The van der Waals surface area contributed by atoms with Gasteiger partial charge in [-0.3, -0.25) is 0 Å². The molecule has 2 rings (SSSR count). The molecule has 3 atom stereocenters. The standard InChI is InChI=1S/C18H30N2O4/c1-13(11-15(21)16-8-6-10-23-16)19-14-7-5-9-20(12-14)17(22)24-18(2,3)4/h6,8,10,13-15,19,21H,5,7,9,11-12H2,1-4H3. The summed E-state index contributed by atoms with van der Waals surface area (Å²) in [6.45, 7) is 9.04. The number of likely N-dealkylation sites (tertiary alicyclic amines) is 1. The van der Waals surface area contributed by atoms with Crippen molar-refractivity contribution in [1.82, 2.24) is 10.2 Å². The van der Waals surface area contributed by atoms with Gasteiger partial charge in [0.2, 0.25) is 0 Å². The molecule has 0 aromatic carbocycles. The van der Waals surface area contributed by atoms with Gasteiger partial charge in [-0.25, -0.2) is 4.79 Å². The first-order valence-electron chi connectivity index (χ1n) is 8.70. The summed E-state index contributed by atoms with van der Waals surface area (Å²) < 4.78 is 10.7. The van der Waals surface area contributed by atoms with Crippen molar-refractivity contribution < 1.29 is 19.1 Å². The Bertz CT molecular complexity index is 510. The minimum absolute atomic E-state index is 0.119. The molecule has 0 bridgehead atoms. The van der Waals surface area contributed by atoms with E-state index in [4.69, 9.17) is 9.15 Å². The summed E-state index contributed by atoms with van der Waals surface area (Å²) in [5, 5.41) is 13.7. The molecule has 1 saturated heterocycles. The van der Waals surface area contributed by atoms with Crippen LogP contribution in [0.15, 0.2) is 22.8 Å². The van der Waals surface area contributed by atoms with E-state index >= 15 is 0 Å². The predicted molar refractivity (Wildman–Crippen MR) is 91.7 cm³/mol. The van der Waals surface area contributed by atoms with Gasteiger partial charge in [-0.15, -0.1) is 0 Å². The van der Waals surface area contributed by atoms with Gasteiger partial charge in [0.1, 0.15) is 17.5 Å². The Hall–Kier alpha value is -1.53. The molecule has 2 N–H and O–H groups in total. The number of aliphatic hydroxyl groups is 1. The van der Waals surface area contributed by atoms with E-state index in [-0.39, 0.29) is 18.2 Å². The van der Waals surface area contributed by atoms with E-state index < -0.39 is 11.7 Å².